The summed E-state index contributed by atoms with van der Waals surface area (Å²) in [7, 11) is 2.21. The predicted molar refractivity (Wildman–Crippen MR) is 73.5 cm³/mol. The molecule has 6 nitrogen and oxygen atoms in total. The Kier molecular flexibility index (Phi) is 3.32. The molecule has 2 atom stereocenters. The van der Waals surface area contributed by atoms with Gasteiger partial charge in [0.25, 0.3) is 0 Å². The van der Waals surface area contributed by atoms with Gasteiger partial charge in [-0.15, -0.1) is 10.2 Å². The fraction of sp³-hybridized carbons (Fsp3) is 0.846. The van der Waals surface area contributed by atoms with Crippen LogP contribution in [0.5, 0.6) is 0 Å². The first-order valence-electron chi connectivity index (χ1n) is 7.17. The van der Waals surface area contributed by atoms with E-state index in [1.54, 1.807) is 0 Å². The summed E-state index contributed by atoms with van der Waals surface area (Å²) in [5.41, 5.74) is 6.31. The molecule has 1 aromatic rings. The van der Waals surface area contributed by atoms with E-state index in [4.69, 9.17) is 5.73 Å². The molecule has 0 bridgehead atoms. The summed E-state index contributed by atoms with van der Waals surface area (Å²) in [6.45, 7) is 7.08. The van der Waals surface area contributed by atoms with Gasteiger partial charge in [0.05, 0.1) is 6.54 Å². The molecule has 3 rings (SSSR count). The van der Waals surface area contributed by atoms with Crippen molar-refractivity contribution in [3.05, 3.63) is 12.2 Å². The van der Waals surface area contributed by atoms with E-state index in [2.05, 4.69) is 38.5 Å². The van der Waals surface area contributed by atoms with Crippen molar-refractivity contribution >= 4 is 0 Å². The van der Waals surface area contributed by atoms with E-state index in [1.165, 1.54) is 0 Å². The van der Waals surface area contributed by atoms with Crippen LogP contribution >= 0.6 is 0 Å². The molecule has 6 heteroatoms. The summed E-state index contributed by atoms with van der Waals surface area (Å²) in [6, 6.07) is 0.595. The fourth-order valence-corrected chi connectivity index (χ4v) is 3.49. The van der Waals surface area contributed by atoms with Gasteiger partial charge < -0.3 is 15.2 Å². The van der Waals surface area contributed by atoms with Gasteiger partial charge in [-0.1, -0.05) is 0 Å². The molecule has 1 fully saturated rings. The van der Waals surface area contributed by atoms with Crippen LogP contribution in [0, 0.1) is 0 Å². The normalized spacial score (nSPS) is 33.3. The molecule has 0 radical (unpaired) electrons. The minimum absolute atomic E-state index is 0.142. The van der Waals surface area contributed by atoms with Crippen LogP contribution in [0.1, 0.15) is 25.6 Å². The van der Waals surface area contributed by atoms with Crippen LogP contribution < -0.4 is 5.73 Å². The zero-order chi connectivity index (χ0) is 13.5. The second-order valence-corrected chi connectivity index (χ2v) is 6.07. The first kappa shape index (κ1) is 13.0. The van der Waals surface area contributed by atoms with Crippen LogP contribution in [-0.4, -0.2) is 62.8 Å². The minimum atomic E-state index is 0.142. The molecule has 2 aliphatic heterocycles. The average Bonchev–Trinajstić information content (AvgIpc) is 2.89. The number of rotatable bonds is 2. The fourth-order valence-electron chi connectivity index (χ4n) is 3.49. The number of fused-ring (bicyclic) bond motifs is 1. The maximum absolute atomic E-state index is 6.17. The van der Waals surface area contributed by atoms with E-state index in [0.717, 1.165) is 51.4 Å². The van der Waals surface area contributed by atoms with E-state index in [9.17, 15) is 0 Å². The first-order chi connectivity index (χ1) is 9.14. The van der Waals surface area contributed by atoms with Crippen LogP contribution in [0.25, 0.3) is 0 Å². The van der Waals surface area contributed by atoms with Crippen molar-refractivity contribution in [2.24, 2.45) is 5.73 Å². The van der Waals surface area contributed by atoms with Gasteiger partial charge in [0, 0.05) is 31.2 Å². The number of hydrogen-bond acceptors (Lipinski definition) is 5. The van der Waals surface area contributed by atoms with Gasteiger partial charge in [-0.3, -0.25) is 4.90 Å². The number of hydrogen-bond donors (Lipinski definition) is 1. The monoisotopic (exact) mass is 264 g/mol. The molecule has 2 unspecified atom stereocenters. The Hall–Kier alpha value is -0.980. The quantitative estimate of drug-likeness (QED) is 0.808. The van der Waals surface area contributed by atoms with Crippen molar-refractivity contribution in [1.29, 1.82) is 0 Å². The molecule has 0 aromatic carbocycles. The third-order valence-corrected chi connectivity index (χ3v) is 5.05. The Balaban J connectivity index is 1.80. The number of piperidine rings is 1. The van der Waals surface area contributed by atoms with Crippen LogP contribution in [-0.2, 0) is 13.1 Å². The summed E-state index contributed by atoms with van der Waals surface area (Å²) in [4.78, 5) is 4.97. The molecular weight excluding hydrogens is 240 g/mol. The molecule has 1 aromatic heterocycles. The highest BCUT2D eigenvalue weighted by molar-refractivity contribution is 5.02. The van der Waals surface area contributed by atoms with Gasteiger partial charge in [0.15, 0.2) is 0 Å². The Morgan fingerprint density at radius 2 is 2.26 bits per heavy atom. The van der Waals surface area contributed by atoms with Gasteiger partial charge in [-0.05, 0) is 33.4 Å². The topological polar surface area (TPSA) is 63.2 Å². The third-order valence-electron chi connectivity index (χ3n) is 5.05. The molecule has 3 heterocycles. The summed E-state index contributed by atoms with van der Waals surface area (Å²) < 4.78 is 2.15. The van der Waals surface area contributed by atoms with Crippen molar-refractivity contribution in [3.8, 4) is 0 Å². The second-order valence-electron chi connectivity index (χ2n) is 6.07. The molecule has 2 aliphatic rings. The summed E-state index contributed by atoms with van der Waals surface area (Å²) >= 11 is 0. The molecule has 0 amide bonds. The molecule has 2 N–H and O–H groups in total. The molecule has 106 valence electrons. The van der Waals surface area contributed by atoms with Gasteiger partial charge in [0.1, 0.15) is 12.2 Å². The molecular formula is C13H24N6. The minimum Gasteiger partial charge on any atom is -0.329 e. The molecule has 19 heavy (non-hydrogen) atoms. The Morgan fingerprint density at radius 3 is 3.00 bits per heavy atom. The predicted octanol–water partition coefficient (Wildman–Crippen LogP) is -0.0947. The zero-order valence-corrected chi connectivity index (χ0v) is 11.9. The van der Waals surface area contributed by atoms with E-state index in [1.807, 2.05) is 6.33 Å². The molecule has 0 aliphatic carbocycles. The zero-order valence-electron chi connectivity index (χ0n) is 11.9. The smallest absolute Gasteiger partial charge is 0.147 e. The number of nitrogens with two attached hydrogens (primary N) is 1. The summed E-state index contributed by atoms with van der Waals surface area (Å²) in [6.07, 6.45) is 4.13. The number of nitrogens with zero attached hydrogens (tertiary/aromatic N) is 5. The lowest BCUT2D eigenvalue weighted by Crippen LogP contribution is -2.62. The maximum atomic E-state index is 6.17. The van der Waals surface area contributed by atoms with Gasteiger partial charge in [0.2, 0.25) is 0 Å². The van der Waals surface area contributed by atoms with E-state index in [-0.39, 0.29) is 5.54 Å². The highest BCUT2D eigenvalue weighted by Gasteiger charge is 2.42. The molecule has 0 saturated carbocycles. The van der Waals surface area contributed by atoms with Crippen molar-refractivity contribution in [2.75, 3.05) is 26.7 Å². The third kappa shape index (κ3) is 2.17. The van der Waals surface area contributed by atoms with Crippen molar-refractivity contribution in [1.82, 2.24) is 24.6 Å². The highest BCUT2D eigenvalue weighted by atomic mass is 15.3. The van der Waals surface area contributed by atoms with Crippen LogP contribution in [0.4, 0.5) is 0 Å². The largest absolute Gasteiger partial charge is 0.329 e. The van der Waals surface area contributed by atoms with E-state index in [0.29, 0.717) is 6.04 Å². The highest BCUT2D eigenvalue weighted by Crippen LogP contribution is 2.33. The van der Waals surface area contributed by atoms with Gasteiger partial charge >= 0.3 is 0 Å². The van der Waals surface area contributed by atoms with Crippen molar-refractivity contribution < 1.29 is 0 Å². The van der Waals surface area contributed by atoms with Crippen molar-refractivity contribution in [2.45, 2.75) is 44.4 Å². The number of likely N-dealkylation sites (tertiary alicyclic amines) is 1. The van der Waals surface area contributed by atoms with Crippen LogP contribution in [0.3, 0.4) is 0 Å². The van der Waals surface area contributed by atoms with Crippen LogP contribution in [0.2, 0.25) is 0 Å². The standard InChI is InChI=1S/C13H24N6/c1-11-7-13(9-14,3-4-17(11)2)19-6-5-18-10-15-16-12(18)8-19/h10-11H,3-9,14H2,1-2H3. The Morgan fingerprint density at radius 1 is 1.42 bits per heavy atom. The van der Waals surface area contributed by atoms with Gasteiger partial charge in [-0.2, -0.15) is 0 Å². The first-order valence-corrected chi connectivity index (χ1v) is 7.17. The second kappa shape index (κ2) is 4.85. The Labute approximate surface area is 114 Å². The molecule has 1 saturated heterocycles. The average molecular weight is 264 g/mol. The maximum Gasteiger partial charge on any atom is 0.147 e. The van der Waals surface area contributed by atoms with E-state index >= 15 is 0 Å². The summed E-state index contributed by atoms with van der Waals surface area (Å²) in [5.74, 6) is 1.07. The van der Waals surface area contributed by atoms with E-state index < -0.39 is 0 Å². The lowest BCUT2D eigenvalue weighted by atomic mass is 9.81. The number of aromatic nitrogens is 3. The lowest BCUT2D eigenvalue weighted by molar-refractivity contribution is -0.00658. The molecule has 0 spiro atoms. The van der Waals surface area contributed by atoms with Crippen molar-refractivity contribution in [3.63, 3.8) is 0 Å². The SMILES string of the molecule is CC1CC(CN)(N2CCn3cnnc3C2)CCN1C. The lowest BCUT2D eigenvalue weighted by Gasteiger charge is -2.51. The Bertz CT molecular complexity index is 444. The van der Waals surface area contributed by atoms with Gasteiger partial charge in [-0.25, -0.2) is 0 Å². The summed E-state index contributed by atoms with van der Waals surface area (Å²) in [5, 5.41) is 8.23. The van der Waals surface area contributed by atoms with Crippen LogP contribution in [0.15, 0.2) is 6.33 Å².